The molecule has 1 aliphatic heterocycles. The van der Waals surface area contributed by atoms with E-state index in [-0.39, 0.29) is 18.7 Å². The fourth-order valence-corrected chi connectivity index (χ4v) is 1.86. The molecule has 1 aliphatic rings. The molecule has 1 saturated heterocycles. The number of aliphatic carboxylic acids is 1. The maximum atomic E-state index is 13.1. The van der Waals surface area contributed by atoms with Gasteiger partial charge in [0.2, 0.25) is 0 Å². The zero-order valence-corrected chi connectivity index (χ0v) is 9.95. The highest BCUT2D eigenvalue weighted by Gasteiger charge is 2.38. The van der Waals surface area contributed by atoms with Crippen LogP contribution in [0, 0.1) is 11.7 Å². The number of halogens is 4. The van der Waals surface area contributed by atoms with Gasteiger partial charge in [-0.15, -0.1) is 0 Å². The van der Waals surface area contributed by atoms with Gasteiger partial charge in [-0.2, -0.15) is 13.2 Å². The highest BCUT2D eigenvalue weighted by atomic mass is 19.4. The van der Waals surface area contributed by atoms with E-state index in [9.17, 15) is 27.2 Å². The lowest BCUT2D eigenvalue weighted by Crippen LogP contribution is -2.53. The van der Waals surface area contributed by atoms with Gasteiger partial charge in [-0.05, 0) is 18.2 Å². The van der Waals surface area contributed by atoms with Crippen molar-refractivity contribution in [3.8, 4) is 0 Å². The molecule has 1 amide bonds. The van der Waals surface area contributed by atoms with Crippen LogP contribution in [0.1, 0.15) is 15.9 Å². The average molecular weight is 291 g/mol. The molecule has 4 nitrogen and oxygen atoms in total. The largest absolute Gasteiger partial charge is 0.481 e. The summed E-state index contributed by atoms with van der Waals surface area (Å²) in [6, 6.07) is 1.96. The molecule has 20 heavy (non-hydrogen) atoms. The molecule has 0 radical (unpaired) electrons. The molecular weight excluding hydrogens is 282 g/mol. The summed E-state index contributed by atoms with van der Waals surface area (Å²) in [5.41, 5.74) is -1.83. The molecule has 8 heteroatoms. The number of carbonyl (C=O) groups is 2. The van der Waals surface area contributed by atoms with Gasteiger partial charge in [0, 0.05) is 18.7 Å². The molecule has 0 saturated carbocycles. The molecular formula is C12H9F4NO3. The Morgan fingerprint density at radius 3 is 2.35 bits per heavy atom. The number of carboxylic acid groups (broad SMARTS) is 1. The summed E-state index contributed by atoms with van der Waals surface area (Å²) >= 11 is 0. The predicted octanol–water partition coefficient (Wildman–Crippen LogP) is 2.00. The minimum atomic E-state index is -4.89. The molecule has 1 aromatic carbocycles. The molecule has 1 N–H and O–H groups in total. The number of hydrogen-bond acceptors (Lipinski definition) is 2. The number of alkyl halides is 3. The lowest BCUT2D eigenvalue weighted by Gasteiger charge is -2.36. The van der Waals surface area contributed by atoms with Gasteiger partial charge in [0.1, 0.15) is 5.82 Å². The topological polar surface area (TPSA) is 57.6 Å². The van der Waals surface area contributed by atoms with Crippen molar-refractivity contribution >= 4 is 11.9 Å². The van der Waals surface area contributed by atoms with Crippen molar-refractivity contribution in [3.05, 3.63) is 35.1 Å². The second kappa shape index (κ2) is 4.77. The van der Waals surface area contributed by atoms with Crippen LogP contribution >= 0.6 is 0 Å². The molecule has 1 heterocycles. The molecule has 1 fully saturated rings. The summed E-state index contributed by atoms with van der Waals surface area (Å²) in [6.07, 6.45) is -4.89. The number of nitrogens with zero attached hydrogens (tertiary/aromatic N) is 1. The van der Waals surface area contributed by atoms with Gasteiger partial charge >= 0.3 is 12.1 Å². The van der Waals surface area contributed by atoms with E-state index in [0.29, 0.717) is 12.1 Å². The molecule has 2 rings (SSSR count). The van der Waals surface area contributed by atoms with Gasteiger partial charge < -0.3 is 10.0 Å². The summed E-state index contributed by atoms with van der Waals surface area (Å²) in [5.74, 6) is -3.97. The Morgan fingerprint density at radius 2 is 1.85 bits per heavy atom. The van der Waals surface area contributed by atoms with Crippen molar-refractivity contribution in [2.24, 2.45) is 5.92 Å². The van der Waals surface area contributed by atoms with Crippen LogP contribution < -0.4 is 0 Å². The van der Waals surface area contributed by atoms with E-state index in [4.69, 9.17) is 5.11 Å². The normalized spacial score (nSPS) is 15.9. The number of amides is 1. The number of carboxylic acids is 1. The number of carbonyl (C=O) groups excluding carboxylic acids is 1. The molecule has 0 bridgehead atoms. The van der Waals surface area contributed by atoms with Crippen LogP contribution in [0.2, 0.25) is 0 Å². The number of benzene rings is 1. The Hall–Kier alpha value is -2.12. The highest BCUT2D eigenvalue weighted by Crippen LogP contribution is 2.32. The summed E-state index contributed by atoms with van der Waals surface area (Å²) in [5, 5.41) is 8.65. The van der Waals surface area contributed by atoms with Gasteiger partial charge in [-0.25, -0.2) is 4.39 Å². The highest BCUT2D eigenvalue weighted by molar-refractivity contribution is 5.95. The van der Waals surface area contributed by atoms with Crippen LogP contribution in [0.3, 0.4) is 0 Å². The van der Waals surface area contributed by atoms with Gasteiger partial charge in [0.15, 0.2) is 0 Å². The third-order valence-corrected chi connectivity index (χ3v) is 3.04. The first kappa shape index (κ1) is 14.3. The monoisotopic (exact) mass is 291 g/mol. The zero-order chi connectivity index (χ0) is 15.1. The molecule has 0 aliphatic carbocycles. The fraction of sp³-hybridized carbons (Fsp3) is 0.333. The SMILES string of the molecule is O=C(O)C1CN(C(=O)c2ccc(F)c(C(F)(F)F)c2)C1. The van der Waals surface area contributed by atoms with E-state index in [2.05, 4.69) is 0 Å². The number of likely N-dealkylation sites (tertiary alicyclic amines) is 1. The molecule has 1 aromatic rings. The Kier molecular flexibility index (Phi) is 3.41. The number of hydrogen-bond donors (Lipinski definition) is 1. The van der Waals surface area contributed by atoms with Gasteiger partial charge in [-0.3, -0.25) is 9.59 Å². The first-order valence-corrected chi connectivity index (χ1v) is 5.59. The van der Waals surface area contributed by atoms with Crippen molar-refractivity contribution < 1.29 is 32.3 Å². The standard InChI is InChI=1S/C12H9F4NO3/c13-9-2-1-6(3-8(9)12(14,15)16)10(18)17-4-7(5-17)11(19)20/h1-3,7H,4-5H2,(H,19,20). The van der Waals surface area contributed by atoms with Crippen LogP contribution in [0.15, 0.2) is 18.2 Å². The minimum Gasteiger partial charge on any atom is -0.481 e. The summed E-state index contributed by atoms with van der Waals surface area (Å²) < 4.78 is 50.6. The second-order valence-corrected chi connectivity index (χ2v) is 4.44. The van der Waals surface area contributed by atoms with Crippen molar-refractivity contribution in [1.29, 1.82) is 0 Å². The van der Waals surface area contributed by atoms with E-state index in [1.54, 1.807) is 0 Å². The summed E-state index contributed by atoms with van der Waals surface area (Å²) in [7, 11) is 0. The molecule has 0 spiro atoms. The first-order chi connectivity index (χ1) is 9.20. The van der Waals surface area contributed by atoms with E-state index >= 15 is 0 Å². The molecule has 0 unspecified atom stereocenters. The lowest BCUT2D eigenvalue weighted by molar-refractivity contribution is -0.146. The van der Waals surface area contributed by atoms with Crippen LogP contribution in [0.25, 0.3) is 0 Å². The van der Waals surface area contributed by atoms with Crippen LogP contribution in [-0.2, 0) is 11.0 Å². The quantitative estimate of drug-likeness (QED) is 0.848. The third-order valence-electron chi connectivity index (χ3n) is 3.04. The van der Waals surface area contributed by atoms with Gasteiger partial charge in [0.25, 0.3) is 5.91 Å². The smallest absolute Gasteiger partial charge is 0.419 e. The van der Waals surface area contributed by atoms with Crippen LogP contribution in [0.5, 0.6) is 0 Å². The summed E-state index contributed by atoms with van der Waals surface area (Å²) in [4.78, 5) is 23.5. The molecule has 0 atom stereocenters. The average Bonchev–Trinajstić information content (AvgIpc) is 2.25. The van der Waals surface area contributed by atoms with Crippen LogP contribution in [0.4, 0.5) is 17.6 Å². The van der Waals surface area contributed by atoms with Gasteiger partial charge in [0.05, 0.1) is 11.5 Å². The molecule has 108 valence electrons. The van der Waals surface area contributed by atoms with Gasteiger partial charge in [-0.1, -0.05) is 0 Å². The van der Waals surface area contributed by atoms with Crippen molar-refractivity contribution in [3.63, 3.8) is 0 Å². The maximum Gasteiger partial charge on any atom is 0.419 e. The predicted molar refractivity (Wildman–Crippen MR) is 58.4 cm³/mol. The first-order valence-electron chi connectivity index (χ1n) is 5.59. The Morgan fingerprint density at radius 1 is 1.25 bits per heavy atom. The van der Waals surface area contributed by atoms with E-state index in [0.717, 1.165) is 11.0 Å². The minimum absolute atomic E-state index is 0.0626. The van der Waals surface area contributed by atoms with Crippen molar-refractivity contribution in [2.45, 2.75) is 6.18 Å². The van der Waals surface area contributed by atoms with Crippen molar-refractivity contribution in [2.75, 3.05) is 13.1 Å². The number of rotatable bonds is 2. The lowest BCUT2D eigenvalue weighted by atomic mass is 9.98. The van der Waals surface area contributed by atoms with E-state index < -0.39 is 35.4 Å². The Labute approximate surface area is 110 Å². The van der Waals surface area contributed by atoms with Crippen LogP contribution in [-0.4, -0.2) is 35.0 Å². The molecule has 0 aromatic heterocycles. The van der Waals surface area contributed by atoms with E-state index in [1.165, 1.54) is 0 Å². The Bertz CT molecular complexity index is 564. The summed E-state index contributed by atoms with van der Waals surface area (Å²) in [6.45, 7) is -0.125. The zero-order valence-electron chi connectivity index (χ0n) is 9.95. The van der Waals surface area contributed by atoms with E-state index in [1.807, 2.05) is 0 Å². The maximum absolute atomic E-state index is 13.1. The van der Waals surface area contributed by atoms with Crippen molar-refractivity contribution in [1.82, 2.24) is 4.90 Å². The fourth-order valence-electron chi connectivity index (χ4n) is 1.86. The Balaban J connectivity index is 2.18. The third kappa shape index (κ3) is 2.59. The second-order valence-electron chi connectivity index (χ2n) is 4.44.